The van der Waals surface area contributed by atoms with Gasteiger partial charge in [-0.2, -0.15) is 4.98 Å². The van der Waals surface area contributed by atoms with Crippen LogP contribution in [0.2, 0.25) is 5.02 Å². The SMILES string of the molecule is CCCNC(=O)Nc1ccc(-c2noc([C@@H]3CC(=O)N(c4cccc(Cl)c4)C3)n2)cc1. The van der Waals surface area contributed by atoms with Crippen molar-refractivity contribution in [2.24, 2.45) is 0 Å². The van der Waals surface area contributed by atoms with E-state index in [1.807, 2.05) is 31.2 Å². The third-order valence-corrected chi connectivity index (χ3v) is 5.21. The number of rotatable bonds is 6. The topological polar surface area (TPSA) is 100 Å². The van der Waals surface area contributed by atoms with Gasteiger partial charge in [0, 0.05) is 41.5 Å². The van der Waals surface area contributed by atoms with Crippen molar-refractivity contribution in [2.75, 3.05) is 23.3 Å². The lowest BCUT2D eigenvalue weighted by Crippen LogP contribution is -2.29. The van der Waals surface area contributed by atoms with E-state index in [0.717, 1.165) is 17.7 Å². The zero-order chi connectivity index (χ0) is 21.8. The minimum absolute atomic E-state index is 0.0104. The largest absolute Gasteiger partial charge is 0.339 e. The van der Waals surface area contributed by atoms with Crippen molar-refractivity contribution in [1.82, 2.24) is 15.5 Å². The number of nitrogens with zero attached hydrogens (tertiary/aromatic N) is 3. The molecule has 1 aliphatic rings. The van der Waals surface area contributed by atoms with E-state index in [1.54, 1.807) is 29.2 Å². The predicted octanol–water partition coefficient (Wildman–Crippen LogP) is 4.44. The van der Waals surface area contributed by atoms with Gasteiger partial charge >= 0.3 is 6.03 Å². The molecule has 2 aromatic carbocycles. The molecule has 4 rings (SSSR count). The van der Waals surface area contributed by atoms with E-state index in [2.05, 4.69) is 20.8 Å². The fourth-order valence-electron chi connectivity index (χ4n) is 3.40. The van der Waals surface area contributed by atoms with E-state index in [4.69, 9.17) is 16.1 Å². The number of urea groups is 1. The van der Waals surface area contributed by atoms with Crippen LogP contribution in [0.25, 0.3) is 11.4 Å². The minimum Gasteiger partial charge on any atom is -0.339 e. The van der Waals surface area contributed by atoms with Gasteiger partial charge in [0.15, 0.2) is 0 Å². The van der Waals surface area contributed by atoms with Crippen molar-refractivity contribution in [2.45, 2.75) is 25.7 Å². The fourth-order valence-corrected chi connectivity index (χ4v) is 3.59. The molecule has 8 nitrogen and oxygen atoms in total. The highest BCUT2D eigenvalue weighted by molar-refractivity contribution is 6.30. The normalized spacial score (nSPS) is 15.9. The van der Waals surface area contributed by atoms with E-state index in [1.165, 1.54) is 0 Å². The van der Waals surface area contributed by atoms with Gasteiger partial charge in [0.25, 0.3) is 0 Å². The Morgan fingerprint density at radius 2 is 2.06 bits per heavy atom. The lowest BCUT2D eigenvalue weighted by Gasteiger charge is -2.16. The Bertz CT molecular complexity index is 1080. The summed E-state index contributed by atoms with van der Waals surface area (Å²) in [7, 11) is 0. The van der Waals surface area contributed by atoms with E-state index >= 15 is 0 Å². The van der Waals surface area contributed by atoms with E-state index in [9.17, 15) is 9.59 Å². The van der Waals surface area contributed by atoms with Crippen molar-refractivity contribution in [3.05, 3.63) is 59.4 Å². The summed E-state index contributed by atoms with van der Waals surface area (Å²) >= 11 is 6.05. The Hall–Kier alpha value is -3.39. The summed E-state index contributed by atoms with van der Waals surface area (Å²) in [6.07, 6.45) is 1.17. The second-order valence-electron chi connectivity index (χ2n) is 7.30. The minimum atomic E-state index is -0.244. The number of anilines is 2. The van der Waals surface area contributed by atoms with Gasteiger partial charge in [-0.15, -0.1) is 0 Å². The molecule has 0 bridgehead atoms. The summed E-state index contributed by atoms with van der Waals surface area (Å²) in [4.78, 5) is 30.4. The average molecular weight is 440 g/mol. The number of nitrogens with one attached hydrogen (secondary N) is 2. The van der Waals surface area contributed by atoms with Crippen LogP contribution in [-0.2, 0) is 4.79 Å². The number of carbonyl (C=O) groups is 2. The lowest BCUT2D eigenvalue weighted by molar-refractivity contribution is -0.117. The van der Waals surface area contributed by atoms with Crippen LogP contribution in [0.1, 0.15) is 31.6 Å². The summed E-state index contributed by atoms with van der Waals surface area (Å²) in [5.41, 5.74) is 2.18. The summed E-state index contributed by atoms with van der Waals surface area (Å²) < 4.78 is 5.45. The molecule has 0 aliphatic carbocycles. The average Bonchev–Trinajstić information content (AvgIpc) is 3.40. The number of hydrogen-bond acceptors (Lipinski definition) is 5. The molecule has 1 atom stereocenters. The van der Waals surface area contributed by atoms with Crippen LogP contribution in [0.5, 0.6) is 0 Å². The maximum absolute atomic E-state index is 12.5. The Labute approximate surface area is 184 Å². The molecule has 3 amide bonds. The lowest BCUT2D eigenvalue weighted by atomic mass is 10.1. The van der Waals surface area contributed by atoms with Gasteiger partial charge in [-0.1, -0.05) is 29.7 Å². The van der Waals surface area contributed by atoms with Crippen LogP contribution in [-0.4, -0.2) is 35.2 Å². The predicted molar refractivity (Wildman–Crippen MR) is 118 cm³/mol. The maximum atomic E-state index is 12.5. The van der Waals surface area contributed by atoms with Gasteiger partial charge in [-0.3, -0.25) is 4.79 Å². The van der Waals surface area contributed by atoms with Gasteiger partial charge in [0.2, 0.25) is 17.6 Å². The first-order chi connectivity index (χ1) is 15.0. The molecule has 2 N–H and O–H groups in total. The Morgan fingerprint density at radius 1 is 1.26 bits per heavy atom. The molecule has 0 spiro atoms. The van der Waals surface area contributed by atoms with Crippen molar-refractivity contribution < 1.29 is 14.1 Å². The first kappa shape index (κ1) is 20.9. The standard InChI is InChI=1S/C22H22ClN5O3/c1-2-10-24-22(30)25-17-8-6-14(7-9-17)20-26-21(31-27-20)15-11-19(29)28(13-15)18-5-3-4-16(23)12-18/h3-9,12,15H,2,10-11,13H2,1H3,(H2,24,25,30)/t15-/m1/s1. The number of hydrogen-bond donors (Lipinski definition) is 2. The molecule has 160 valence electrons. The number of halogens is 1. The number of carbonyl (C=O) groups excluding carboxylic acids is 2. The quantitative estimate of drug-likeness (QED) is 0.591. The second-order valence-corrected chi connectivity index (χ2v) is 7.74. The van der Waals surface area contributed by atoms with Crippen molar-refractivity contribution in [1.29, 1.82) is 0 Å². The maximum Gasteiger partial charge on any atom is 0.319 e. The van der Waals surface area contributed by atoms with Crippen molar-refractivity contribution in [3.8, 4) is 11.4 Å². The van der Waals surface area contributed by atoms with Gasteiger partial charge in [-0.25, -0.2) is 4.79 Å². The van der Waals surface area contributed by atoms with E-state index < -0.39 is 0 Å². The Morgan fingerprint density at radius 3 is 2.81 bits per heavy atom. The van der Waals surface area contributed by atoms with Gasteiger partial charge in [0.1, 0.15) is 0 Å². The van der Waals surface area contributed by atoms with Gasteiger partial charge < -0.3 is 20.1 Å². The van der Waals surface area contributed by atoms with Crippen molar-refractivity contribution in [3.63, 3.8) is 0 Å². The summed E-state index contributed by atoms with van der Waals surface area (Å²) in [5.74, 6) is 0.666. The number of amides is 3. The summed E-state index contributed by atoms with van der Waals surface area (Å²) in [6, 6.07) is 14.1. The monoisotopic (exact) mass is 439 g/mol. The second kappa shape index (κ2) is 9.18. The molecule has 0 unspecified atom stereocenters. The fraction of sp³-hybridized carbons (Fsp3) is 0.273. The first-order valence-corrected chi connectivity index (χ1v) is 10.5. The molecule has 3 aromatic rings. The first-order valence-electron chi connectivity index (χ1n) is 10.1. The molecule has 1 fully saturated rings. The smallest absolute Gasteiger partial charge is 0.319 e. The highest BCUT2D eigenvalue weighted by atomic mass is 35.5. The number of benzene rings is 2. The highest BCUT2D eigenvalue weighted by Gasteiger charge is 2.35. The van der Waals surface area contributed by atoms with Crippen molar-refractivity contribution >= 4 is 34.9 Å². The highest BCUT2D eigenvalue weighted by Crippen LogP contribution is 2.33. The molecule has 0 radical (unpaired) electrons. The number of aromatic nitrogens is 2. The van der Waals surface area contributed by atoms with Crippen LogP contribution >= 0.6 is 11.6 Å². The van der Waals surface area contributed by atoms with Crippen LogP contribution in [0.3, 0.4) is 0 Å². The van der Waals surface area contributed by atoms with Crippen LogP contribution in [0, 0.1) is 0 Å². The van der Waals surface area contributed by atoms with E-state index in [0.29, 0.717) is 41.9 Å². The molecule has 1 aliphatic heterocycles. The molecular formula is C22H22ClN5O3. The van der Waals surface area contributed by atoms with E-state index in [-0.39, 0.29) is 17.9 Å². The molecule has 31 heavy (non-hydrogen) atoms. The molecule has 0 saturated carbocycles. The van der Waals surface area contributed by atoms with Crippen LogP contribution in [0.15, 0.2) is 53.1 Å². The molecular weight excluding hydrogens is 418 g/mol. The molecule has 1 saturated heterocycles. The third kappa shape index (κ3) is 4.86. The van der Waals surface area contributed by atoms with Crippen LogP contribution < -0.4 is 15.5 Å². The molecule has 2 heterocycles. The van der Waals surface area contributed by atoms with Gasteiger partial charge in [-0.05, 0) is 48.9 Å². The Balaban J connectivity index is 1.42. The summed E-state index contributed by atoms with van der Waals surface area (Å²) in [5, 5.41) is 10.2. The molecule has 9 heteroatoms. The van der Waals surface area contributed by atoms with Crippen LogP contribution in [0.4, 0.5) is 16.2 Å². The zero-order valence-corrected chi connectivity index (χ0v) is 17.7. The Kier molecular flexibility index (Phi) is 6.18. The molecule has 1 aromatic heterocycles. The summed E-state index contributed by atoms with van der Waals surface area (Å²) in [6.45, 7) is 3.06. The zero-order valence-electron chi connectivity index (χ0n) is 17.0. The third-order valence-electron chi connectivity index (χ3n) is 4.97. The van der Waals surface area contributed by atoms with Gasteiger partial charge in [0.05, 0.1) is 5.92 Å².